The lowest BCUT2D eigenvalue weighted by atomic mass is 9.78. The zero-order chi connectivity index (χ0) is 19.5. The number of carbonyl (C=O) groups excluding carboxylic acids is 1. The first-order valence-electron chi connectivity index (χ1n) is 8.35. The average Bonchev–Trinajstić information content (AvgIpc) is 2.67. The highest BCUT2D eigenvalue weighted by Gasteiger charge is 2.53. The standard InChI is InChI=1S/C17H20BF4NO3/c1-15(2)16(3,4)26-18(25-15)11-6-5-10(12(19)13(11)20)14(24)23-9-7-17(21,22)8-9/h5-6,9H,7-8H2,1-4H3,(H,23,24). The fourth-order valence-corrected chi connectivity index (χ4v) is 2.92. The van der Waals surface area contributed by atoms with Gasteiger partial charge in [0.15, 0.2) is 11.6 Å². The Labute approximate surface area is 149 Å². The number of nitrogens with one attached hydrogen (secondary N) is 1. The number of halogens is 4. The Morgan fingerprint density at radius 1 is 1.08 bits per heavy atom. The van der Waals surface area contributed by atoms with Crippen LogP contribution >= 0.6 is 0 Å². The van der Waals surface area contributed by atoms with E-state index in [1.54, 1.807) is 27.7 Å². The van der Waals surface area contributed by atoms with Gasteiger partial charge in [-0.1, -0.05) is 6.07 Å². The molecule has 1 aromatic rings. The van der Waals surface area contributed by atoms with E-state index < -0.39 is 66.2 Å². The van der Waals surface area contributed by atoms with Gasteiger partial charge in [-0.2, -0.15) is 0 Å². The van der Waals surface area contributed by atoms with Crippen molar-refractivity contribution in [3.8, 4) is 0 Å². The van der Waals surface area contributed by atoms with Crippen molar-refractivity contribution in [2.24, 2.45) is 0 Å². The van der Waals surface area contributed by atoms with Gasteiger partial charge in [-0.15, -0.1) is 0 Å². The van der Waals surface area contributed by atoms with Crippen LogP contribution in [0.15, 0.2) is 12.1 Å². The zero-order valence-electron chi connectivity index (χ0n) is 15.0. The molecule has 1 saturated heterocycles. The molecule has 142 valence electrons. The van der Waals surface area contributed by atoms with Gasteiger partial charge in [0.1, 0.15) is 0 Å². The number of hydrogen-bond acceptors (Lipinski definition) is 3. The normalized spacial score (nSPS) is 23.6. The number of rotatable bonds is 3. The Kier molecular flexibility index (Phi) is 4.39. The first-order valence-corrected chi connectivity index (χ1v) is 8.35. The van der Waals surface area contributed by atoms with E-state index in [-0.39, 0.29) is 5.46 Å². The van der Waals surface area contributed by atoms with Crippen LogP contribution in [0.5, 0.6) is 0 Å². The van der Waals surface area contributed by atoms with E-state index in [9.17, 15) is 22.4 Å². The minimum atomic E-state index is -2.82. The molecule has 0 radical (unpaired) electrons. The van der Waals surface area contributed by atoms with Crippen molar-refractivity contribution in [2.75, 3.05) is 0 Å². The fourth-order valence-electron chi connectivity index (χ4n) is 2.92. The topological polar surface area (TPSA) is 47.6 Å². The summed E-state index contributed by atoms with van der Waals surface area (Å²) in [5.74, 6) is -6.36. The summed E-state index contributed by atoms with van der Waals surface area (Å²) >= 11 is 0. The molecule has 0 unspecified atom stereocenters. The van der Waals surface area contributed by atoms with Crippen molar-refractivity contribution in [3.05, 3.63) is 29.3 Å². The molecule has 1 aromatic carbocycles. The zero-order valence-corrected chi connectivity index (χ0v) is 15.0. The molecule has 1 N–H and O–H groups in total. The van der Waals surface area contributed by atoms with Crippen LogP contribution in [-0.2, 0) is 9.31 Å². The molecule has 0 atom stereocenters. The van der Waals surface area contributed by atoms with Gasteiger partial charge < -0.3 is 14.6 Å². The SMILES string of the molecule is CC1(C)OB(c2ccc(C(=O)NC3CC(F)(F)C3)c(F)c2F)OC1(C)C. The summed E-state index contributed by atoms with van der Waals surface area (Å²) in [6, 6.07) is 1.57. The van der Waals surface area contributed by atoms with Gasteiger partial charge in [0.25, 0.3) is 11.8 Å². The number of amides is 1. The van der Waals surface area contributed by atoms with Crippen molar-refractivity contribution in [1.82, 2.24) is 5.32 Å². The molecule has 0 spiro atoms. The van der Waals surface area contributed by atoms with Crippen LogP contribution in [0.3, 0.4) is 0 Å². The molecule has 9 heteroatoms. The van der Waals surface area contributed by atoms with Crippen molar-refractivity contribution in [1.29, 1.82) is 0 Å². The van der Waals surface area contributed by atoms with Gasteiger partial charge in [-0.05, 0) is 33.8 Å². The minimum absolute atomic E-state index is 0.159. The van der Waals surface area contributed by atoms with Crippen LogP contribution in [0.2, 0.25) is 0 Å². The van der Waals surface area contributed by atoms with Gasteiger partial charge >= 0.3 is 7.12 Å². The second-order valence-electron chi connectivity index (χ2n) is 7.85. The number of hydrogen-bond donors (Lipinski definition) is 1. The lowest BCUT2D eigenvalue weighted by Gasteiger charge is -2.35. The van der Waals surface area contributed by atoms with E-state index in [1.807, 2.05) is 0 Å². The molecule has 0 bridgehead atoms. The van der Waals surface area contributed by atoms with E-state index in [2.05, 4.69) is 5.32 Å². The quantitative estimate of drug-likeness (QED) is 0.655. The smallest absolute Gasteiger partial charge is 0.399 e. The minimum Gasteiger partial charge on any atom is -0.399 e. The molecule has 2 fully saturated rings. The number of alkyl halides is 2. The first-order chi connectivity index (χ1) is 11.8. The fraction of sp³-hybridized carbons (Fsp3) is 0.588. The van der Waals surface area contributed by atoms with E-state index in [0.29, 0.717) is 0 Å². The summed E-state index contributed by atoms with van der Waals surface area (Å²) in [7, 11) is -1.11. The van der Waals surface area contributed by atoms with Crippen molar-refractivity contribution in [2.45, 2.75) is 63.7 Å². The van der Waals surface area contributed by atoms with E-state index >= 15 is 0 Å². The van der Waals surface area contributed by atoms with Crippen LogP contribution < -0.4 is 10.8 Å². The summed E-state index contributed by atoms with van der Waals surface area (Å²) < 4.78 is 65.9. The molecule has 1 aliphatic heterocycles. The van der Waals surface area contributed by atoms with E-state index in [0.717, 1.165) is 6.07 Å². The van der Waals surface area contributed by atoms with E-state index in [1.165, 1.54) is 6.07 Å². The summed E-state index contributed by atoms with van der Waals surface area (Å²) in [5.41, 5.74) is -2.16. The molecule has 1 heterocycles. The second-order valence-corrected chi connectivity index (χ2v) is 7.85. The third-order valence-corrected chi connectivity index (χ3v) is 5.29. The van der Waals surface area contributed by atoms with Gasteiger partial charge in [0.2, 0.25) is 0 Å². The summed E-state index contributed by atoms with van der Waals surface area (Å²) in [6.07, 6.45) is -1.01. The third kappa shape index (κ3) is 3.22. The molecule has 2 aliphatic rings. The summed E-state index contributed by atoms with van der Waals surface area (Å²) in [4.78, 5) is 12.0. The Morgan fingerprint density at radius 3 is 2.12 bits per heavy atom. The van der Waals surface area contributed by atoms with Crippen LogP contribution in [0.25, 0.3) is 0 Å². The molecule has 4 nitrogen and oxygen atoms in total. The van der Waals surface area contributed by atoms with Crippen LogP contribution in [0.4, 0.5) is 17.6 Å². The molecule has 0 aromatic heterocycles. The maximum absolute atomic E-state index is 14.5. The van der Waals surface area contributed by atoms with Crippen LogP contribution in [0, 0.1) is 11.6 Å². The highest BCUT2D eigenvalue weighted by atomic mass is 19.3. The highest BCUT2D eigenvalue weighted by molar-refractivity contribution is 6.62. The summed E-state index contributed by atoms with van der Waals surface area (Å²) in [6.45, 7) is 7.10. The lowest BCUT2D eigenvalue weighted by molar-refractivity contribution is -0.0901. The predicted molar refractivity (Wildman–Crippen MR) is 87.5 cm³/mol. The average molecular weight is 373 g/mol. The number of carbonyl (C=O) groups is 1. The van der Waals surface area contributed by atoms with Crippen LogP contribution in [0.1, 0.15) is 50.9 Å². The van der Waals surface area contributed by atoms with Crippen molar-refractivity contribution >= 4 is 18.5 Å². The van der Waals surface area contributed by atoms with Gasteiger partial charge in [0, 0.05) is 24.3 Å². The Hall–Kier alpha value is -1.61. The molecule has 1 saturated carbocycles. The Bertz CT molecular complexity index is 730. The molecular weight excluding hydrogens is 353 g/mol. The van der Waals surface area contributed by atoms with Crippen molar-refractivity contribution in [3.63, 3.8) is 0 Å². The monoisotopic (exact) mass is 373 g/mol. The van der Waals surface area contributed by atoms with Gasteiger partial charge in [-0.3, -0.25) is 4.79 Å². The highest BCUT2D eigenvalue weighted by Crippen LogP contribution is 2.38. The predicted octanol–water partition coefficient (Wildman–Crippen LogP) is 2.79. The van der Waals surface area contributed by atoms with Crippen molar-refractivity contribution < 1.29 is 31.7 Å². The molecule has 1 amide bonds. The Morgan fingerprint density at radius 2 is 1.62 bits per heavy atom. The summed E-state index contributed by atoms with van der Waals surface area (Å²) in [5, 5.41) is 2.28. The molecule has 26 heavy (non-hydrogen) atoms. The lowest BCUT2D eigenvalue weighted by Crippen LogP contribution is -2.50. The third-order valence-electron chi connectivity index (χ3n) is 5.29. The molecule has 3 rings (SSSR count). The van der Waals surface area contributed by atoms with Gasteiger partial charge in [0.05, 0.1) is 16.8 Å². The maximum atomic E-state index is 14.5. The Balaban J connectivity index is 1.78. The maximum Gasteiger partial charge on any atom is 0.497 e. The van der Waals surface area contributed by atoms with Gasteiger partial charge in [-0.25, -0.2) is 17.6 Å². The largest absolute Gasteiger partial charge is 0.497 e. The molecule has 1 aliphatic carbocycles. The number of benzene rings is 1. The van der Waals surface area contributed by atoms with E-state index in [4.69, 9.17) is 9.31 Å². The first kappa shape index (κ1) is 19.2. The molecular formula is C17H20BF4NO3. The second kappa shape index (κ2) is 5.95. The van der Waals surface area contributed by atoms with Crippen LogP contribution in [-0.4, -0.2) is 36.2 Å².